The summed E-state index contributed by atoms with van der Waals surface area (Å²) in [7, 11) is 4.79. The summed E-state index contributed by atoms with van der Waals surface area (Å²) in [5.41, 5.74) is 2.03. The number of benzene rings is 1. The smallest absolute Gasteiger partial charge is 0.307 e. The molecule has 1 saturated carbocycles. The van der Waals surface area contributed by atoms with Gasteiger partial charge in [-0.1, -0.05) is 0 Å². The Kier molecular flexibility index (Phi) is 3.72. The second kappa shape index (κ2) is 5.55. The van der Waals surface area contributed by atoms with Crippen LogP contribution in [0.2, 0.25) is 0 Å². The van der Waals surface area contributed by atoms with Crippen molar-refractivity contribution in [2.75, 3.05) is 21.3 Å². The van der Waals surface area contributed by atoms with E-state index in [9.17, 15) is 4.79 Å². The average molecular weight is 304 g/mol. The first-order chi connectivity index (χ1) is 10.6. The molecule has 0 saturated heterocycles. The van der Waals surface area contributed by atoms with E-state index in [1.807, 2.05) is 12.1 Å². The number of hydrogen-bond donors (Lipinski definition) is 0. The zero-order valence-electron chi connectivity index (χ0n) is 13.3. The summed E-state index contributed by atoms with van der Waals surface area (Å²) in [6, 6.07) is 1.99. The van der Waals surface area contributed by atoms with Crippen LogP contribution in [0.15, 0.2) is 11.8 Å². The highest BCUT2D eigenvalue weighted by Gasteiger charge is 2.44. The zero-order valence-corrected chi connectivity index (χ0v) is 13.3. The number of ether oxygens (including phenoxy) is 4. The fourth-order valence-corrected chi connectivity index (χ4v) is 3.18. The van der Waals surface area contributed by atoms with Crippen LogP contribution in [0.3, 0.4) is 0 Å². The van der Waals surface area contributed by atoms with Crippen molar-refractivity contribution in [2.45, 2.75) is 19.8 Å². The van der Waals surface area contributed by atoms with Crippen molar-refractivity contribution in [1.82, 2.24) is 0 Å². The standard InChI is InChI=1S/C17H20O5/c1-9(18)22-14-8-13-11(5-10-6-12(10)14)7-15(19-2)17(21-4)16(13)20-3/h7-8,10,12H,5-6H2,1-4H3. The Balaban J connectivity index is 2.16. The van der Waals surface area contributed by atoms with E-state index in [1.165, 1.54) is 6.92 Å². The summed E-state index contributed by atoms with van der Waals surface area (Å²) < 4.78 is 21.8. The van der Waals surface area contributed by atoms with E-state index in [2.05, 4.69) is 0 Å². The van der Waals surface area contributed by atoms with Crippen molar-refractivity contribution in [3.8, 4) is 17.2 Å². The third-order valence-electron chi connectivity index (χ3n) is 4.27. The summed E-state index contributed by atoms with van der Waals surface area (Å²) in [6.45, 7) is 1.43. The second-order valence-electron chi connectivity index (χ2n) is 5.66. The predicted octanol–water partition coefficient (Wildman–Crippen LogP) is 2.81. The van der Waals surface area contributed by atoms with Crippen LogP contribution in [-0.4, -0.2) is 27.3 Å². The first kappa shape index (κ1) is 14.8. The zero-order chi connectivity index (χ0) is 15.9. The third kappa shape index (κ3) is 2.40. The quantitative estimate of drug-likeness (QED) is 0.801. The van der Waals surface area contributed by atoms with Crippen molar-refractivity contribution >= 4 is 12.0 Å². The second-order valence-corrected chi connectivity index (χ2v) is 5.66. The van der Waals surface area contributed by atoms with Gasteiger partial charge in [0.25, 0.3) is 0 Å². The van der Waals surface area contributed by atoms with E-state index in [1.54, 1.807) is 21.3 Å². The van der Waals surface area contributed by atoms with Crippen molar-refractivity contribution in [3.05, 3.63) is 23.0 Å². The molecule has 0 spiro atoms. The molecule has 118 valence electrons. The molecule has 0 amide bonds. The van der Waals surface area contributed by atoms with Gasteiger partial charge in [-0.05, 0) is 36.5 Å². The number of fused-ring (bicyclic) bond motifs is 2. The summed E-state index contributed by atoms with van der Waals surface area (Å²) in [4.78, 5) is 11.3. The molecule has 2 aliphatic rings. The lowest BCUT2D eigenvalue weighted by molar-refractivity contribution is -0.137. The molecule has 0 aliphatic heterocycles. The Bertz CT molecular complexity index is 647. The summed E-state index contributed by atoms with van der Waals surface area (Å²) in [6.07, 6.45) is 3.88. The van der Waals surface area contributed by atoms with Gasteiger partial charge in [0.2, 0.25) is 5.75 Å². The fourth-order valence-electron chi connectivity index (χ4n) is 3.18. The first-order valence-corrected chi connectivity index (χ1v) is 7.30. The van der Waals surface area contributed by atoms with Gasteiger partial charge >= 0.3 is 5.97 Å². The van der Waals surface area contributed by atoms with Gasteiger partial charge in [0.05, 0.1) is 21.3 Å². The van der Waals surface area contributed by atoms with E-state index >= 15 is 0 Å². The van der Waals surface area contributed by atoms with E-state index < -0.39 is 0 Å². The van der Waals surface area contributed by atoms with Gasteiger partial charge in [-0.15, -0.1) is 0 Å². The molecule has 2 unspecified atom stereocenters. The SMILES string of the molecule is COc1cc2c(c(OC)c1OC)C=C(OC(C)=O)C1CC1C2. The monoisotopic (exact) mass is 304 g/mol. The largest absolute Gasteiger partial charge is 0.493 e. The van der Waals surface area contributed by atoms with Crippen LogP contribution in [0.4, 0.5) is 0 Å². The van der Waals surface area contributed by atoms with Gasteiger partial charge in [-0.2, -0.15) is 0 Å². The molecule has 22 heavy (non-hydrogen) atoms. The minimum Gasteiger partial charge on any atom is -0.493 e. The third-order valence-corrected chi connectivity index (χ3v) is 4.27. The minimum absolute atomic E-state index is 0.292. The molecule has 1 aromatic rings. The lowest BCUT2D eigenvalue weighted by Crippen LogP contribution is -2.02. The highest BCUT2D eigenvalue weighted by Crippen LogP contribution is 2.53. The van der Waals surface area contributed by atoms with Gasteiger partial charge in [0, 0.05) is 18.4 Å². The maximum absolute atomic E-state index is 11.3. The van der Waals surface area contributed by atoms with E-state index in [4.69, 9.17) is 18.9 Å². The van der Waals surface area contributed by atoms with Crippen molar-refractivity contribution in [2.24, 2.45) is 11.8 Å². The molecule has 2 atom stereocenters. The Morgan fingerprint density at radius 3 is 2.45 bits per heavy atom. The molecule has 0 bridgehead atoms. The normalized spacial score (nSPS) is 21.7. The maximum Gasteiger partial charge on any atom is 0.307 e. The van der Waals surface area contributed by atoms with Crippen LogP contribution in [0.25, 0.3) is 6.08 Å². The van der Waals surface area contributed by atoms with Crippen molar-refractivity contribution < 1.29 is 23.7 Å². The Morgan fingerprint density at radius 1 is 1.14 bits per heavy atom. The molecule has 0 N–H and O–H groups in total. The van der Waals surface area contributed by atoms with Gasteiger partial charge in [-0.25, -0.2) is 0 Å². The Labute approximate surface area is 129 Å². The van der Waals surface area contributed by atoms with Crippen molar-refractivity contribution in [1.29, 1.82) is 0 Å². The average Bonchev–Trinajstić information content (AvgIpc) is 3.25. The molecular formula is C17H20O5. The number of rotatable bonds is 4. The highest BCUT2D eigenvalue weighted by atomic mass is 16.5. The van der Waals surface area contributed by atoms with Crippen LogP contribution in [0.5, 0.6) is 17.2 Å². The van der Waals surface area contributed by atoms with Crippen LogP contribution >= 0.6 is 0 Å². The minimum atomic E-state index is -0.292. The molecule has 2 aliphatic carbocycles. The molecule has 5 heteroatoms. The molecule has 3 rings (SSSR count). The molecule has 5 nitrogen and oxygen atoms in total. The summed E-state index contributed by atoms with van der Waals surface area (Å²) >= 11 is 0. The topological polar surface area (TPSA) is 54.0 Å². The highest BCUT2D eigenvalue weighted by molar-refractivity contribution is 5.74. The number of allylic oxidation sites excluding steroid dienone is 1. The van der Waals surface area contributed by atoms with Crippen LogP contribution < -0.4 is 14.2 Å². The molecule has 0 heterocycles. The lowest BCUT2D eigenvalue weighted by atomic mass is 10.0. The van der Waals surface area contributed by atoms with Gasteiger partial charge in [-0.3, -0.25) is 4.79 Å². The summed E-state index contributed by atoms with van der Waals surface area (Å²) in [5, 5.41) is 0. The molecular weight excluding hydrogens is 284 g/mol. The summed E-state index contributed by atoms with van der Waals surface area (Å²) in [5.74, 6) is 3.08. The number of hydrogen-bond acceptors (Lipinski definition) is 5. The fraction of sp³-hybridized carbons (Fsp3) is 0.471. The van der Waals surface area contributed by atoms with Crippen LogP contribution in [0, 0.1) is 11.8 Å². The number of esters is 1. The lowest BCUT2D eigenvalue weighted by Gasteiger charge is -2.17. The van der Waals surface area contributed by atoms with E-state index in [0.29, 0.717) is 29.1 Å². The van der Waals surface area contributed by atoms with Gasteiger partial charge in [0.1, 0.15) is 5.76 Å². The van der Waals surface area contributed by atoms with Gasteiger partial charge in [0.15, 0.2) is 11.5 Å². The number of methoxy groups -OCH3 is 3. The van der Waals surface area contributed by atoms with Crippen LogP contribution in [-0.2, 0) is 16.0 Å². The van der Waals surface area contributed by atoms with E-state index in [0.717, 1.165) is 29.7 Å². The van der Waals surface area contributed by atoms with Crippen molar-refractivity contribution in [3.63, 3.8) is 0 Å². The van der Waals surface area contributed by atoms with Gasteiger partial charge < -0.3 is 18.9 Å². The molecule has 1 fully saturated rings. The first-order valence-electron chi connectivity index (χ1n) is 7.30. The molecule has 0 radical (unpaired) electrons. The van der Waals surface area contributed by atoms with Crippen LogP contribution in [0.1, 0.15) is 24.5 Å². The Morgan fingerprint density at radius 2 is 1.86 bits per heavy atom. The number of carbonyl (C=O) groups is 1. The molecule has 1 aromatic carbocycles. The van der Waals surface area contributed by atoms with E-state index in [-0.39, 0.29) is 5.97 Å². The predicted molar refractivity (Wildman–Crippen MR) is 81.1 cm³/mol. The Hall–Kier alpha value is -2.17. The maximum atomic E-state index is 11.3. The number of carbonyl (C=O) groups excluding carboxylic acids is 1. The molecule has 0 aromatic heterocycles.